The van der Waals surface area contributed by atoms with Crippen molar-refractivity contribution in [3.63, 3.8) is 0 Å². The first-order chi connectivity index (χ1) is 22.0. The molecule has 0 atom stereocenters. The van der Waals surface area contributed by atoms with Gasteiger partial charge in [0.2, 0.25) is 0 Å². The van der Waals surface area contributed by atoms with Crippen LogP contribution in [0.25, 0.3) is 53.8 Å². The molecule has 0 saturated heterocycles. The Hall–Kier alpha value is -3.48. The second-order valence-corrected chi connectivity index (χ2v) is 23.9. The number of hydrogen-bond donors (Lipinski definition) is 0. The minimum absolute atomic E-state index is 0. The Kier molecular flexibility index (Phi) is 10.2. The topological polar surface area (TPSA) is 25.8 Å². The molecule has 7 aromatic rings. The van der Waals surface area contributed by atoms with Gasteiger partial charge in [0, 0.05) is 32.4 Å². The van der Waals surface area contributed by atoms with Crippen molar-refractivity contribution in [3.05, 3.63) is 139 Å². The Balaban J connectivity index is 0.000000217. The first-order valence-corrected chi connectivity index (χ1v) is 23.2. The van der Waals surface area contributed by atoms with Crippen LogP contribution in [-0.4, -0.2) is 23.2 Å². The Morgan fingerprint density at radius 3 is 2.24 bits per heavy atom. The van der Waals surface area contributed by atoms with E-state index in [1.165, 1.54) is 21.9 Å². The van der Waals surface area contributed by atoms with E-state index >= 15 is 0 Å². The minimum atomic E-state index is -1.72. The minimum Gasteiger partial charge on any atom is 0 e. The first-order valence-electron chi connectivity index (χ1n) is 15.5. The van der Waals surface area contributed by atoms with Crippen LogP contribution in [0.5, 0.6) is 0 Å². The zero-order valence-electron chi connectivity index (χ0n) is 27.5. The predicted octanol–water partition coefficient (Wildman–Crippen LogP) is 10.9. The van der Waals surface area contributed by atoms with Gasteiger partial charge in [0.1, 0.15) is 5.82 Å². The van der Waals surface area contributed by atoms with Gasteiger partial charge in [-0.25, -0.2) is 4.39 Å². The molecule has 4 aromatic carbocycles. The summed E-state index contributed by atoms with van der Waals surface area (Å²) in [5.74, 6) is 6.21. The summed E-state index contributed by atoms with van der Waals surface area (Å²) in [6.45, 7) is 3.76. The van der Waals surface area contributed by atoms with Crippen LogP contribution in [0.4, 0.5) is 4.39 Å². The molecule has 233 valence electrons. The van der Waals surface area contributed by atoms with E-state index in [2.05, 4.69) is 69.7 Å². The maximum absolute atomic E-state index is 13.4. The van der Waals surface area contributed by atoms with Gasteiger partial charge in [-0.1, -0.05) is 61.2 Å². The van der Waals surface area contributed by atoms with Crippen LogP contribution >= 0.6 is 11.3 Å². The molecule has 0 aliphatic carbocycles. The Morgan fingerprint density at radius 2 is 1.57 bits per heavy atom. The molecular formula is C40H35FGeIrN2S-2. The summed E-state index contributed by atoms with van der Waals surface area (Å²) in [7, 11) is 0. The number of pyridine rings is 2. The summed E-state index contributed by atoms with van der Waals surface area (Å²) in [6.07, 6.45) is 3.81. The molecule has 6 heteroatoms. The van der Waals surface area contributed by atoms with Gasteiger partial charge in [0.05, 0.1) is 0 Å². The second kappa shape index (κ2) is 14.5. The van der Waals surface area contributed by atoms with E-state index in [4.69, 9.17) is 1.37 Å². The average molecular weight is 861 g/mol. The van der Waals surface area contributed by atoms with Gasteiger partial charge in [-0.15, -0.1) is 23.8 Å². The fraction of sp³-hybridized carbons (Fsp3) is 0.150. The molecule has 0 unspecified atom stereocenters. The van der Waals surface area contributed by atoms with Gasteiger partial charge in [-0.3, -0.25) is 0 Å². The van der Waals surface area contributed by atoms with Gasteiger partial charge in [0.15, 0.2) is 0 Å². The Labute approximate surface area is 292 Å². The van der Waals surface area contributed by atoms with Gasteiger partial charge < -0.3 is 4.98 Å². The Bertz CT molecular complexity index is 2120. The molecule has 0 aliphatic rings. The molecule has 3 heterocycles. The van der Waals surface area contributed by atoms with Crippen molar-refractivity contribution in [3.8, 4) is 33.6 Å². The largest absolute Gasteiger partial charge is 0 e. The van der Waals surface area contributed by atoms with Crippen LogP contribution in [0, 0.1) is 17.9 Å². The number of fused-ring (bicyclic) bond motifs is 3. The van der Waals surface area contributed by atoms with E-state index in [-0.39, 0.29) is 25.9 Å². The number of thiophene rings is 1. The number of nitrogens with zero attached hydrogens (tertiary/aromatic N) is 2. The maximum Gasteiger partial charge on any atom is 0 e. The third kappa shape index (κ3) is 7.39. The van der Waals surface area contributed by atoms with Crippen LogP contribution in [0.1, 0.15) is 26.7 Å². The Morgan fingerprint density at radius 1 is 0.783 bits per heavy atom. The summed E-state index contributed by atoms with van der Waals surface area (Å²) in [5.41, 5.74) is 6.86. The van der Waals surface area contributed by atoms with Crippen molar-refractivity contribution in [2.45, 2.75) is 37.0 Å². The van der Waals surface area contributed by atoms with Crippen molar-refractivity contribution in [2.24, 2.45) is 0 Å². The number of benzene rings is 4. The summed E-state index contributed by atoms with van der Waals surface area (Å²) >= 11 is -0.00563. The van der Waals surface area contributed by atoms with Crippen LogP contribution in [0.3, 0.4) is 0 Å². The van der Waals surface area contributed by atoms with E-state index in [9.17, 15) is 4.39 Å². The maximum atomic E-state index is 13.4. The SMILES string of the molecule is [2H]C(C)(C)c1ccnc(-c2[c-]ccc3c2sc2c(-c4ccc(F)cc4)cccc23)c1.[CH3][Ge]([CH3])([CH3])[c]1ccc(-c2[c-]cccc2)nc1.[Ir]. The zero-order chi connectivity index (χ0) is 32.5. The molecule has 0 aliphatic heterocycles. The molecule has 3 aromatic heterocycles. The normalized spacial score (nSPS) is 11.8. The zero-order valence-corrected chi connectivity index (χ0v) is 31.8. The van der Waals surface area contributed by atoms with E-state index in [1.807, 2.05) is 80.7 Å². The molecular weight excluding hydrogens is 824 g/mol. The predicted molar refractivity (Wildman–Crippen MR) is 192 cm³/mol. The standard InChI is InChI=1S/C26H19FNS.C14H16GeN.Ir/c1-16(2)18-13-14-28-24(15-18)23-8-4-7-22-21-6-3-5-20(25(21)29-26(22)23)17-9-11-19(27)12-10-17;1-15(2,3)13-9-10-14(16-11-13)12-7-5-4-6-8-12;/h3-7,9-16H,1-2H3;4-7,9-11H,1-3H3;/q2*-1;/i16D;;. The van der Waals surface area contributed by atoms with Crippen LogP contribution in [-0.2, 0) is 20.1 Å². The quantitative estimate of drug-likeness (QED) is 0.127. The summed E-state index contributed by atoms with van der Waals surface area (Å²) < 4.78 is 25.5. The fourth-order valence-corrected chi connectivity index (χ4v) is 8.75. The van der Waals surface area contributed by atoms with Crippen LogP contribution in [0.15, 0.2) is 116 Å². The molecule has 0 saturated carbocycles. The average Bonchev–Trinajstić information content (AvgIpc) is 3.45. The molecule has 1 radical (unpaired) electrons. The van der Waals surface area contributed by atoms with Crippen LogP contribution < -0.4 is 4.40 Å². The number of halogens is 1. The summed E-state index contributed by atoms with van der Waals surface area (Å²) in [5, 5.41) is 2.33. The molecule has 7 rings (SSSR count). The van der Waals surface area contributed by atoms with E-state index < -0.39 is 19.2 Å². The first kappa shape index (κ1) is 32.5. The molecule has 0 spiro atoms. The monoisotopic (exact) mass is 862 g/mol. The van der Waals surface area contributed by atoms with Gasteiger partial charge >= 0.3 is 99.8 Å². The van der Waals surface area contributed by atoms with Crippen molar-refractivity contribution >= 4 is 49.2 Å². The number of hydrogen-bond acceptors (Lipinski definition) is 3. The third-order valence-corrected chi connectivity index (χ3v) is 13.3. The number of aromatic nitrogens is 2. The van der Waals surface area contributed by atoms with Gasteiger partial charge in [-0.2, -0.15) is 11.3 Å². The third-order valence-electron chi connectivity index (χ3n) is 7.82. The molecule has 0 N–H and O–H groups in total. The van der Waals surface area contributed by atoms with Gasteiger partial charge in [-0.05, 0) is 51.0 Å². The smallest absolute Gasteiger partial charge is 0 e. The van der Waals surface area contributed by atoms with E-state index in [0.29, 0.717) is 0 Å². The van der Waals surface area contributed by atoms with E-state index in [1.54, 1.807) is 17.5 Å². The number of rotatable bonds is 5. The van der Waals surface area contributed by atoms with Crippen molar-refractivity contribution in [1.29, 1.82) is 0 Å². The van der Waals surface area contributed by atoms with E-state index in [0.717, 1.165) is 54.0 Å². The molecule has 0 fully saturated rings. The van der Waals surface area contributed by atoms with Crippen molar-refractivity contribution < 1.29 is 25.9 Å². The molecule has 46 heavy (non-hydrogen) atoms. The molecule has 2 nitrogen and oxygen atoms in total. The van der Waals surface area contributed by atoms with Crippen molar-refractivity contribution in [1.82, 2.24) is 9.97 Å². The fourth-order valence-electron chi connectivity index (χ4n) is 5.24. The summed E-state index contributed by atoms with van der Waals surface area (Å²) in [4.78, 5) is 9.12. The second-order valence-electron chi connectivity index (χ2n) is 12.3. The molecule has 0 bridgehead atoms. The molecule has 0 amide bonds. The van der Waals surface area contributed by atoms with Crippen molar-refractivity contribution in [2.75, 3.05) is 0 Å². The van der Waals surface area contributed by atoms with Crippen LogP contribution in [0.2, 0.25) is 17.3 Å². The summed E-state index contributed by atoms with van der Waals surface area (Å²) in [6, 6.07) is 39.7. The van der Waals surface area contributed by atoms with Gasteiger partial charge in [0.25, 0.3) is 0 Å².